The van der Waals surface area contributed by atoms with Crippen LogP contribution in [0.15, 0.2) is 24.4 Å². The number of nitrogens with zero attached hydrogens (tertiary/aromatic N) is 3. The molecule has 32 heavy (non-hydrogen) atoms. The summed E-state index contributed by atoms with van der Waals surface area (Å²) in [4.78, 5) is 21.2. The molecule has 0 aliphatic carbocycles. The second kappa shape index (κ2) is 8.05. The number of hydrogen-bond donors (Lipinski definition) is 1. The fourth-order valence-corrected chi connectivity index (χ4v) is 4.53. The molecule has 3 heterocycles. The van der Waals surface area contributed by atoms with Crippen molar-refractivity contribution in [3.8, 4) is 17.6 Å². The molecule has 14 heteroatoms. The van der Waals surface area contributed by atoms with Gasteiger partial charge in [-0.1, -0.05) is 23.7 Å². The van der Waals surface area contributed by atoms with E-state index in [0.29, 0.717) is 0 Å². The van der Waals surface area contributed by atoms with Crippen molar-refractivity contribution in [2.24, 2.45) is 0 Å². The van der Waals surface area contributed by atoms with Gasteiger partial charge in [-0.25, -0.2) is 31.3 Å². The van der Waals surface area contributed by atoms with Crippen LogP contribution in [0.25, 0.3) is 0 Å². The number of ether oxygens (including phenoxy) is 2. The van der Waals surface area contributed by atoms with Gasteiger partial charge in [-0.15, -0.1) is 0 Å². The monoisotopic (exact) mass is 492 g/mol. The van der Waals surface area contributed by atoms with E-state index < -0.39 is 59.3 Å². The van der Waals surface area contributed by atoms with Crippen LogP contribution in [0.3, 0.4) is 0 Å². The molecule has 1 fully saturated rings. The largest absolute Gasteiger partial charge is 0.453 e. The van der Waals surface area contributed by atoms with Gasteiger partial charge < -0.3 is 14.4 Å². The number of aromatic nitrogens is 2. The van der Waals surface area contributed by atoms with Crippen LogP contribution < -0.4 is 14.2 Å². The summed E-state index contributed by atoms with van der Waals surface area (Å²) in [5, 5.41) is -0.0546. The normalized spacial score (nSPS) is 22.7. The van der Waals surface area contributed by atoms with Gasteiger partial charge in [0.05, 0.1) is 25.0 Å². The van der Waals surface area contributed by atoms with E-state index in [1.54, 1.807) is 0 Å². The third-order valence-electron chi connectivity index (χ3n) is 4.98. The standard InChI is InChI=1S/C18H16ClF3N4O5S/c1-32(28,29)25-15-11-5-9-3-2-4-12(14(9)20)31-16-10(19)6-23-17(24-16)30-7-13(27)26(11)8-18(15,21)22/h2-4,6,11,15,25H,5,7-8H2,1H3/t11-,15+/m0/s1. The second-order valence-electron chi connectivity index (χ2n) is 7.35. The molecular formula is C18H16ClF3N4O5S. The van der Waals surface area contributed by atoms with Crippen molar-refractivity contribution in [1.82, 2.24) is 19.6 Å². The molecule has 2 aromatic rings. The van der Waals surface area contributed by atoms with Crippen LogP contribution in [0.4, 0.5) is 13.2 Å². The first-order chi connectivity index (χ1) is 14.9. The lowest BCUT2D eigenvalue weighted by Gasteiger charge is -2.28. The van der Waals surface area contributed by atoms with E-state index in [9.17, 15) is 22.0 Å². The number of halogens is 4. The number of carbonyl (C=O) groups is 1. The predicted octanol–water partition coefficient (Wildman–Crippen LogP) is 1.76. The molecule has 172 valence electrons. The zero-order valence-corrected chi connectivity index (χ0v) is 18.0. The van der Waals surface area contributed by atoms with Crippen LogP contribution in [0, 0.1) is 5.82 Å². The highest BCUT2D eigenvalue weighted by atomic mass is 35.5. The molecule has 1 amide bonds. The summed E-state index contributed by atoms with van der Waals surface area (Å²) in [5.74, 6) is -5.94. The number of alkyl halides is 2. The molecule has 1 N–H and O–H groups in total. The maximum Gasteiger partial charge on any atom is 0.320 e. The smallest absolute Gasteiger partial charge is 0.320 e. The van der Waals surface area contributed by atoms with Crippen LogP contribution >= 0.6 is 11.6 Å². The van der Waals surface area contributed by atoms with Crippen molar-refractivity contribution >= 4 is 27.5 Å². The maximum atomic E-state index is 15.2. The van der Waals surface area contributed by atoms with E-state index in [1.807, 2.05) is 4.72 Å². The van der Waals surface area contributed by atoms with Crippen LogP contribution in [0.1, 0.15) is 5.56 Å². The second-order valence-corrected chi connectivity index (χ2v) is 9.53. The van der Waals surface area contributed by atoms with E-state index in [0.717, 1.165) is 17.4 Å². The first kappa shape index (κ1) is 22.6. The van der Waals surface area contributed by atoms with Crippen molar-refractivity contribution in [3.05, 3.63) is 40.8 Å². The van der Waals surface area contributed by atoms with E-state index >= 15 is 4.39 Å². The van der Waals surface area contributed by atoms with Gasteiger partial charge in [0.15, 0.2) is 18.2 Å². The number of carbonyl (C=O) groups excluding carboxylic acids is 1. The lowest BCUT2D eigenvalue weighted by Crippen LogP contribution is -2.52. The maximum absolute atomic E-state index is 15.2. The molecule has 0 spiro atoms. The Hall–Kier alpha value is -2.64. The van der Waals surface area contributed by atoms with E-state index in [1.165, 1.54) is 18.2 Å². The SMILES string of the molecule is CS(=O)(=O)N[C@@H]1[C@@H]2Cc3cccc(c3F)Oc3nc(ncc3Cl)OCC(=O)N2CC1(F)F. The average Bonchev–Trinajstić information content (AvgIpc) is 2.94. The topological polar surface area (TPSA) is 111 Å². The summed E-state index contributed by atoms with van der Waals surface area (Å²) < 4.78 is 80.7. The Morgan fingerprint density at radius 3 is 2.81 bits per heavy atom. The fourth-order valence-electron chi connectivity index (χ4n) is 3.61. The summed E-state index contributed by atoms with van der Waals surface area (Å²) >= 11 is 5.99. The Bertz CT molecular complexity index is 1180. The van der Waals surface area contributed by atoms with Gasteiger partial charge in [0.2, 0.25) is 15.9 Å². The minimum atomic E-state index is -4.08. The van der Waals surface area contributed by atoms with Crippen molar-refractivity contribution in [2.75, 3.05) is 19.4 Å². The van der Waals surface area contributed by atoms with E-state index in [4.69, 9.17) is 21.1 Å². The molecule has 9 nitrogen and oxygen atoms in total. The minimum Gasteiger partial charge on any atom is -0.453 e. The quantitative estimate of drug-likeness (QED) is 0.680. The Kier molecular flexibility index (Phi) is 5.67. The van der Waals surface area contributed by atoms with Gasteiger partial charge in [0.25, 0.3) is 11.8 Å². The minimum absolute atomic E-state index is 0.0546. The number of fused-ring (bicyclic) bond motifs is 5. The van der Waals surface area contributed by atoms with Gasteiger partial charge in [0, 0.05) is 0 Å². The van der Waals surface area contributed by atoms with Crippen LogP contribution in [0.2, 0.25) is 5.02 Å². The Labute approximate surface area is 185 Å². The third kappa shape index (κ3) is 4.45. The summed E-state index contributed by atoms with van der Waals surface area (Å²) in [6.07, 6.45) is 1.41. The molecule has 4 bridgehead atoms. The highest BCUT2D eigenvalue weighted by Gasteiger charge is 2.57. The first-order valence-electron chi connectivity index (χ1n) is 9.20. The Balaban J connectivity index is 1.82. The Morgan fingerprint density at radius 1 is 1.34 bits per heavy atom. The summed E-state index contributed by atoms with van der Waals surface area (Å²) in [7, 11) is -4.08. The number of benzene rings is 1. The molecule has 0 radical (unpaired) electrons. The Morgan fingerprint density at radius 2 is 2.09 bits per heavy atom. The molecule has 1 aromatic heterocycles. The van der Waals surface area contributed by atoms with E-state index in [-0.39, 0.29) is 28.2 Å². The lowest BCUT2D eigenvalue weighted by atomic mass is 9.98. The van der Waals surface area contributed by atoms with Crippen LogP contribution in [-0.4, -0.2) is 66.6 Å². The molecule has 0 unspecified atom stereocenters. The molecule has 2 atom stereocenters. The highest BCUT2D eigenvalue weighted by Crippen LogP contribution is 2.37. The number of amides is 1. The molecular weight excluding hydrogens is 477 g/mol. The predicted molar refractivity (Wildman–Crippen MR) is 105 cm³/mol. The number of rotatable bonds is 2. The van der Waals surface area contributed by atoms with Gasteiger partial charge >= 0.3 is 6.01 Å². The first-order valence-corrected chi connectivity index (χ1v) is 11.5. The van der Waals surface area contributed by atoms with Crippen LogP contribution in [-0.2, 0) is 21.2 Å². The van der Waals surface area contributed by atoms with Crippen molar-refractivity contribution in [2.45, 2.75) is 24.4 Å². The fraction of sp³-hybridized carbons (Fsp3) is 0.389. The molecule has 1 saturated heterocycles. The summed E-state index contributed by atoms with van der Waals surface area (Å²) in [6.45, 7) is -1.81. The molecule has 4 rings (SSSR count). The lowest BCUT2D eigenvalue weighted by molar-refractivity contribution is -0.135. The molecule has 0 saturated carbocycles. The number of sulfonamides is 1. The van der Waals surface area contributed by atoms with Gasteiger partial charge in [-0.3, -0.25) is 4.79 Å². The number of hydrogen-bond acceptors (Lipinski definition) is 7. The van der Waals surface area contributed by atoms with Crippen molar-refractivity contribution in [1.29, 1.82) is 0 Å². The molecule has 2 aliphatic rings. The third-order valence-corrected chi connectivity index (χ3v) is 5.92. The number of nitrogens with one attached hydrogen (secondary N) is 1. The van der Waals surface area contributed by atoms with E-state index in [2.05, 4.69) is 9.97 Å². The summed E-state index contributed by atoms with van der Waals surface area (Å²) in [5.41, 5.74) is -0.0751. The zero-order chi connectivity index (χ0) is 23.3. The molecule has 1 aromatic carbocycles. The summed E-state index contributed by atoms with van der Waals surface area (Å²) in [6, 6.07) is 0.272. The van der Waals surface area contributed by atoms with Gasteiger partial charge in [-0.05, 0) is 18.1 Å². The van der Waals surface area contributed by atoms with Crippen LogP contribution in [0.5, 0.6) is 17.6 Å². The molecule has 2 aliphatic heterocycles. The van der Waals surface area contributed by atoms with Crippen molar-refractivity contribution < 1.29 is 35.9 Å². The highest BCUT2D eigenvalue weighted by molar-refractivity contribution is 7.88. The van der Waals surface area contributed by atoms with Gasteiger partial charge in [0.1, 0.15) is 11.1 Å². The zero-order valence-electron chi connectivity index (χ0n) is 16.4. The average molecular weight is 493 g/mol. The van der Waals surface area contributed by atoms with Crippen molar-refractivity contribution in [3.63, 3.8) is 0 Å². The van der Waals surface area contributed by atoms with Gasteiger partial charge in [-0.2, -0.15) is 4.98 Å².